The Bertz CT molecular complexity index is 160. The third kappa shape index (κ3) is 3.47. The maximum atomic E-state index is 9.75. The van der Waals surface area contributed by atoms with Gasteiger partial charge in [0.15, 0.2) is 5.41 Å². The normalized spacial score (nSPS) is 10.9. The number of aliphatic imine (C=N–C) groups is 1. The quantitative estimate of drug-likeness (QED) is 0.210. The average Bonchev–Trinajstić information content (AvgIpc) is 2.14. The lowest BCUT2D eigenvalue weighted by Crippen LogP contribution is -2.38. The van der Waals surface area contributed by atoms with Gasteiger partial charge in [-0.05, 0) is 0 Å². The van der Waals surface area contributed by atoms with Crippen LogP contribution in [-0.2, 0) is 14.3 Å². The molecule has 0 aliphatic rings. The van der Waals surface area contributed by atoms with E-state index in [1.807, 2.05) is 0 Å². The molecule has 0 heterocycles. The lowest BCUT2D eigenvalue weighted by Gasteiger charge is -2.26. The van der Waals surface area contributed by atoms with Crippen LogP contribution in [0.5, 0.6) is 0 Å². The van der Waals surface area contributed by atoms with Crippen LogP contribution in [0.3, 0.4) is 0 Å². The second kappa shape index (κ2) is 6.34. The summed E-state index contributed by atoms with van der Waals surface area (Å²) in [6.07, 6.45) is 1.89. The van der Waals surface area contributed by atoms with Crippen molar-refractivity contribution in [3.63, 3.8) is 0 Å². The van der Waals surface area contributed by atoms with Gasteiger partial charge in [0.1, 0.15) is 0 Å². The number of halogens is 1. The molecule has 0 aromatic carbocycles. The third-order valence-electron chi connectivity index (χ3n) is 1.42. The van der Waals surface area contributed by atoms with Crippen LogP contribution in [0.15, 0.2) is 4.99 Å². The molecule has 0 fully saturated rings. The van der Waals surface area contributed by atoms with Crippen molar-refractivity contribution in [3.8, 4) is 0 Å². The van der Waals surface area contributed by atoms with Gasteiger partial charge in [0.25, 0.3) is 0 Å². The Balaban J connectivity index is 4.00. The number of isocyanates is 1. The molecule has 0 amide bonds. The zero-order valence-electron chi connectivity index (χ0n) is 6.96. The summed E-state index contributed by atoms with van der Waals surface area (Å²) in [7, 11) is 2.98. The molecule has 6 heteroatoms. The zero-order valence-corrected chi connectivity index (χ0v) is 8.72. The van der Waals surface area contributed by atoms with Crippen molar-refractivity contribution in [1.29, 1.82) is 0 Å². The molecule has 0 atom stereocenters. The van der Waals surface area contributed by atoms with Crippen molar-refractivity contribution in [1.82, 2.24) is 0 Å². The fourth-order valence-corrected chi connectivity index (χ4v) is 1.77. The molecule has 0 saturated carbocycles. The first-order valence-electron chi connectivity index (χ1n) is 3.26. The Morgan fingerprint density at radius 3 is 2.50 bits per heavy atom. The molecule has 0 aliphatic heterocycles. The van der Waals surface area contributed by atoms with Crippen molar-refractivity contribution in [3.05, 3.63) is 0 Å². The third-order valence-corrected chi connectivity index (χ3v) is 3.23. The van der Waals surface area contributed by atoms with Crippen molar-refractivity contribution < 1.29 is 14.3 Å². The Morgan fingerprint density at radius 1 is 1.58 bits per heavy atom. The number of nitrogens with zero attached hydrogens (tertiary/aromatic N) is 1. The van der Waals surface area contributed by atoms with Crippen LogP contribution in [0.25, 0.3) is 0 Å². The van der Waals surface area contributed by atoms with Crippen LogP contribution in [-0.4, -0.2) is 41.1 Å². The van der Waals surface area contributed by atoms with E-state index in [4.69, 9.17) is 20.6 Å². The average molecular weight is 208 g/mol. The van der Waals surface area contributed by atoms with Gasteiger partial charge >= 0.3 is 0 Å². The van der Waals surface area contributed by atoms with Crippen LogP contribution in [0.2, 0.25) is 0 Å². The first kappa shape index (κ1) is 11.8. The van der Waals surface area contributed by atoms with Crippen LogP contribution >= 0.6 is 11.1 Å². The summed E-state index contributed by atoms with van der Waals surface area (Å²) in [5, 5.41) is 0. The fourth-order valence-electron chi connectivity index (χ4n) is 0.661. The van der Waals surface area contributed by atoms with E-state index < -0.39 is 5.41 Å². The molecule has 0 N–H and O–H groups in total. The molecule has 0 aromatic heterocycles. The second-order valence-electron chi connectivity index (χ2n) is 1.98. The van der Waals surface area contributed by atoms with Crippen molar-refractivity contribution in [2.45, 2.75) is 11.8 Å². The summed E-state index contributed by atoms with van der Waals surface area (Å²) in [5.74, 6) is 0. The largest absolute Gasteiger partial charge is 0.356 e. The van der Waals surface area contributed by atoms with Crippen LogP contribution < -0.4 is 0 Å². The molecule has 0 saturated heterocycles. The van der Waals surface area contributed by atoms with E-state index in [9.17, 15) is 4.79 Å². The highest BCUT2D eigenvalue weighted by atomic mass is 35.6. The summed E-state index contributed by atoms with van der Waals surface area (Å²) < 4.78 is 10.1. The van der Waals surface area contributed by atoms with Gasteiger partial charge in [0, 0.05) is 20.6 Å². The number of hydrogen-bond acceptors (Lipinski definition) is 4. The summed E-state index contributed by atoms with van der Waals surface area (Å²) in [6, 6.07) is 0. The predicted molar refractivity (Wildman–Crippen MR) is 46.0 cm³/mol. The van der Waals surface area contributed by atoms with E-state index in [2.05, 4.69) is 4.99 Å². The van der Waals surface area contributed by atoms with Crippen molar-refractivity contribution in [2.75, 3.05) is 20.8 Å². The first-order valence-corrected chi connectivity index (χ1v) is 5.27. The van der Waals surface area contributed by atoms with E-state index in [1.54, 1.807) is 0 Å². The fraction of sp³-hybridized carbons (Fsp3) is 0.833. The van der Waals surface area contributed by atoms with Crippen LogP contribution in [0, 0.1) is 0 Å². The van der Waals surface area contributed by atoms with E-state index in [-0.39, 0.29) is 8.83 Å². The van der Waals surface area contributed by atoms with Crippen molar-refractivity contribution >= 4 is 26.0 Å². The molecule has 0 bridgehead atoms. The number of carbonyl (C=O) groups excluding carboxylic acids is 1. The van der Waals surface area contributed by atoms with Gasteiger partial charge < -0.3 is 9.47 Å². The highest BCUT2D eigenvalue weighted by molar-refractivity contribution is 6.95. The number of ether oxygens (including phenoxy) is 2. The maximum Gasteiger partial charge on any atom is 0.248 e. The molecule has 0 aromatic rings. The van der Waals surface area contributed by atoms with E-state index >= 15 is 0 Å². The van der Waals surface area contributed by atoms with Gasteiger partial charge in [-0.25, -0.2) is 9.79 Å². The van der Waals surface area contributed by atoms with Gasteiger partial charge in [0.05, 0.1) is 6.54 Å². The van der Waals surface area contributed by atoms with Gasteiger partial charge in [-0.3, -0.25) is 0 Å². The van der Waals surface area contributed by atoms with Gasteiger partial charge in [-0.2, -0.15) is 11.1 Å². The molecular formula is C6H10ClNO3Si. The molecule has 0 unspecified atom stereocenters. The zero-order chi connectivity index (χ0) is 9.45. The van der Waals surface area contributed by atoms with Crippen LogP contribution in [0.1, 0.15) is 6.42 Å². The minimum Gasteiger partial charge on any atom is -0.356 e. The summed E-state index contributed by atoms with van der Waals surface area (Å²) >= 11 is 5.64. The summed E-state index contributed by atoms with van der Waals surface area (Å²) in [4.78, 5) is 13.1. The molecular weight excluding hydrogens is 198 g/mol. The Hall–Kier alpha value is -0.193. The lowest BCUT2D eigenvalue weighted by molar-refractivity contribution is -0.145. The second-order valence-corrected chi connectivity index (χ2v) is 3.50. The first-order chi connectivity index (χ1) is 5.74. The van der Waals surface area contributed by atoms with E-state index in [1.165, 1.54) is 20.3 Å². The monoisotopic (exact) mass is 207 g/mol. The standard InChI is InChI=1S/C6H10ClNO3Si/c1-10-6(11-2,12-7)3-4-8-5-9/h3-4H2,1-2H3. The Labute approximate surface area is 78.4 Å². The minimum atomic E-state index is -0.804. The van der Waals surface area contributed by atoms with Gasteiger partial charge in [0.2, 0.25) is 14.9 Å². The summed E-state index contributed by atoms with van der Waals surface area (Å²) in [6.45, 7) is 0.310. The topological polar surface area (TPSA) is 47.9 Å². The number of methoxy groups -OCH3 is 2. The molecule has 12 heavy (non-hydrogen) atoms. The van der Waals surface area contributed by atoms with Crippen molar-refractivity contribution in [2.24, 2.45) is 4.99 Å². The number of rotatable bonds is 6. The SMILES string of the molecule is COC(CCN=C=O)(OC)[Si]Cl. The Morgan fingerprint density at radius 2 is 2.17 bits per heavy atom. The highest BCUT2D eigenvalue weighted by Crippen LogP contribution is 2.15. The van der Waals surface area contributed by atoms with E-state index in [0.717, 1.165) is 0 Å². The molecule has 0 rings (SSSR count). The minimum absolute atomic E-state index is 0.0316. The van der Waals surface area contributed by atoms with Crippen LogP contribution in [0.4, 0.5) is 0 Å². The lowest BCUT2D eigenvalue weighted by atomic mass is 10.4. The smallest absolute Gasteiger partial charge is 0.248 e. The summed E-state index contributed by atoms with van der Waals surface area (Å²) in [5.41, 5.74) is -0.804. The molecule has 0 aliphatic carbocycles. The molecule has 0 spiro atoms. The van der Waals surface area contributed by atoms with Gasteiger partial charge in [-0.15, -0.1) is 0 Å². The number of hydrogen-bond donors (Lipinski definition) is 0. The predicted octanol–water partition coefficient (Wildman–Crippen LogP) is 0.517. The molecule has 2 radical (unpaired) electrons. The molecule has 68 valence electrons. The highest BCUT2D eigenvalue weighted by Gasteiger charge is 2.29. The van der Waals surface area contributed by atoms with Gasteiger partial charge in [-0.1, -0.05) is 0 Å². The Kier molecular flexibility index (Phi) is 6.23. The maximum absolute atomic E-state index is 9.75. The molecule has 4 nitrogen and oxygen atoms in total. The van der Waals surface area contributed by atoms with E-state index in [0.29, 0.717) is 13.0 Å².